The average Bonchev–Trinajstić information content (AvgIpc) is 3.03. The highest BCUT2D eigenvalue weighted by Crippen LogP contribution is 2.32. The van der Waals surface area contributed by atoms with E-state index in [1.807, 2.05) is 12.3 Å². The molecule has 3 rings (SSSR count). The number of nitrogens with zero attached hydrogens (tertiary/aromatic N) is 2. The van der Waals surface area contributed by atoms with Crippen LogP contribution in [-0.2, 0) is 0 Å². The smallest absolute Gasteiger partial charge is 0.151 e. The summed E-state index contributed by atoms with van der Waals surface area (Å²) in [6.07, 6.45) is 5.77. The molecule has 0 radical (unpaired) electrons. The van der Waals surface area contributed by atoms with Crippen molar-refractivity contribution < 1.29 is 0 Å². The van der Waals surface area contributed by atoms with Gasteiger partial charge in [-0.05, 0) is 37.1 Å². The Morgan fingerprint density at radius 2 is 2.22 bits per heavy atom. The molecule has 98 valence electrons. The van der Waals surface area contributed by atoms with E-state index in [1.54, 1.807) is 0 Å². The van der Waals surface area contributed by atoms with E-state index < -0.39 is 0 Å². The predicted molar refractivity (Wildman–Crippen MR) is 79.6 cm³/mol. The third kappa shape index (κ3) is 2.44. The lowest BCUT2D eigenvalue weighted by molar-refractivity contribution is 0.722. The van der Waals surface area contributed by atoms with Crippen molar-refractivity contribution >= 4 is 23.3 Å². The van der Waals surface area contributed by atoms with E-state index >= 15 is 0 Å². The third-order valence-electron chi connectivity index (χ3n) is 3.91. The molecule has 0 aliphatic carbocycles. The second-order valence-corrected chi connectivity index (χ2v) is 6.67. The second kappa shape index (κ2) is 5.39. The third-order valence-corrected chi connectivity index (χ3v) is 5.24. The first-order chi connectivity index (χ1) is 8.84. The van der Waals surface area contributed by atoms with Gasteiger partial charge in [0.1, 0.15) is 0 Å². The summed E-state index contributed by atoms with van der Waals surface area (Å²) in [5, 5.41) is 4.42. The Balaban J connectivity index is 1.78. The van der Waals surface area contributed by atoms with Crippen LogP contribution in [0.1, 0.15) is 26.2 Å². The van der Waals surface area contributed by atoms with Gasteiger partial charge in [-0.15, -0.1) is 0 Å². The first-order valence-corrected chi connectivity index (χ1v) is 7.97. The zero-order valence-electron chi connectivity index (χ0n) is 10.9. The number of pyridine rings is 1. The fourth-order valence-corrected chi connectivity index (χ4v) is 4.01. The molecule has 2 atom stereocenters. The first kappa shape index (κ1) is 12.2. The molecule has 1 aromatic rings. The maximum absolute atomic E-state index is 4.58. The summed E-state index contributed by atoms with van der Waals surface area (Å²) in [6, 6.07) is 4.81. The highest BCUT2D eigenvalue weighted by Gasteiger charge is 2.25. The minimum absolute atomic E-state index is 0.598. The van der Waals surface area contributed by atoms with Crippen molar-refractivity contribution in [1.29, 1.82) is 0 Å². The molecule has 0 saturated carbocycles. The van der Waals surface area contributed by atoms with E-state index in [1.165, 1.54) is 30.7 Å². The number of hydrogen-bond acceptors (Lipinski definition) is 4. The number of aromatic nitrogens is 1. The molecular weight excluding hydrogens is 242 g/mol. The van der Waals surface area contributed by atoms with Gasteiger partial charge in [-0.2, -0.15) is 11.8 Å². The minimum atomic E-state index is 0.598. The number of hydrogen-bond donors (Lipinski definition) is 1. The van der Waals surface area contributed by atoms with E-state index in [-0.39, 0.29) is 0 Å². The van der Waals surface area contributed by atoms with Crippen molar-refractivity contribution in [3.8, 4) is 0 Å². The molecule has 2 saturated heterocycles. The van der Waals surface area contributed by atoms with Gasteiger partial charge in [0.25, 0.3) is 0 Å². The number of nitrogens with one attached hydrogen (secondary N) is 1. The van der Waals surface area contributed by atoms with Gasteiger partial charge >= 0.3 is 0 Å². The average molecular weight is 263 g/mol. The van der Waals surface area contributed by atoms with Gasteiger partial charge in [0.2, 0.25) is 0 Å². The Bertz CT molecular complexity index is 404. The molecule has 3 heterocycles. The molecule has 1 N–H and O–H groups in total. The van der Waals surface area contributed by atoms with Crippen LogP contribution < -0.4 is 10.2 Å². The summed E-state index contributed by atoms with van der Waals surface area (Å²) in [5.74, 6) is 2.43. The first-order valence-electron chi connectivity index (χ1n) is 6.93. The van der Waals surface area contributed by atoms with Gasteiger partial charge < -0.3 is 10.2 Å². The summed E-state index contributed by atoms with van der Waals surface area (Å²) in [6.45, 7) is 4.63. The van der Waals surface area contributed by atoms with E-state index in [0.717, 1.165) is 18.9 Å². The molecule has 1 aromatic heterocycles. The fraction of sp³-hybridized carbons (Fsp3) is 0.643. The van der Waals surface area contributed by atoms with Crippen LogP contribution in [0.2, 0.25) is 0 Å². The molecule has 0 bridgehead atoms. The van der Waals surface area contributed by atoms with E-state index in [4.69, 9.17) is 0 Å². The quantitative estimate of drug-likeness (QED) is 0.907. The van der Waals surface area contributed by atoms with Gasteiger partial charge in [0.05, 0.1) is 5.69 Å². The zero-order chi connectivity index (χ0) is 12.4. The monoisotopic (exact) mass is 263 g/mol. The Morgan fingerprint density at radius 1 is 1.39 bits per heavy atom. The lowest BCUT2D eigenvalue weighted by Gasteiger charge is -2.24. The second-order valence-electron chi connectivity index (χ2n) is 5.18. The Kier molecular flexibility index (Phi) is 3.64. The van der Waals surface area contributed by atoms with E-state index in [9.17, 15) is 0 Å². The number of rotatable bonds is 3. The highest BCUT2D eigenvalue weighted by molar-refractivity contribution is 8.00. The summed E-state index contributed by atoms with van der Waals surface area (Å²) < 4.78 is 0. The molecule has 2 aliphatic heterocycles. The molecule has 2 fully saturated rings. The van der Waals surface area contributed by atoms with Crippen molar-refractivity contribution in [1.82, 2.24) is 4.98 Å². The van der Waals surface area contributed by atoms with Gasteiger partial charge in [-0.3, -0.25) is 0 Å². The normalized spacial score (nSPS) is 27.7. The highest BCUT2D eigenvalue weighted by atomic mass is 32.2. The topological polar surface area (TPSA) is 28.2 Å². The van der Waals surface area contributed by atoms with E-state index in [0.29, 0.717) is 11.3 Å². The van der Waals surface area contributed by atoms with Crippen molar-refractivity contribution in [2.45, 2.75) is 37.5 Å². The molecule has 0 spiro atoms. The lowest BCUT2D eigenvalue weighted by atomic mass is 10.1. The Labute approximate surface area is 113 Å². The van der Waals surface area contributed by atoms with Crippen LogP contribution in [0.15, 0.2) is 18.3 Å². The molecule has 0 amide bonds. The van der Waals surface area contributed by atoms with Crippen molar-refractivity contribution in [2.75, 3.05) is 29.1 Å². The van der Waals surface area contributed by atoms with Gasteiger partial charge in [0, 0.05) is 30.6 Å². The number of anilines is 2. The summed E-state index contributed by atoms with van der Waals surface area (Å²) >= 11 is 2.07. The summed E-state index contributed by atoms with van der Waals surface area (Å²) in [7, 11) is 0. The molecule has 18 heavy (non-hydrogen) atoms. The van der Waals surface area contributed by atoms with Crippen LogP contribution in [0.4, 0.5) is 11.5 Å². The van der Waals surface area contributed by atoms with Crippen LogP contribution in [0.25, 0.3) is 0 Å². The fourth-order valence-electron chi connectivity index (χ4n) is 2.81. The van der Waals surface area contributed by atoms with Gasteiger partial charge in [-0.1, -0.05) is 6.92 Å². The summed E-state index contributed by atoms with van der Waals surface area (Å²) in [4.78, 5) is 7.00. The minimum Gasteiger partial charge on any atom is -0.378 e. The van der Waals surface area contributed by atoms with Gasteiger partial charge in [0.15, 0.2) is 5.82 Å². The number of thioether (sulfide) groups is 1. The SMILES string of the molecule is CC1SCCC1Nc1cccnc1N1CCCC1. The Morgan fingerprint density at radius 3 is 2.94 bits per heavy atom. The lowest BCUT2D eigenvalue weighted by Crippen LogP contribution is -2.27. The standard InChI is InChI=1S/C14H21N3S/c1-11-12(6-10-18-11)16-13-5-4-7-15-14(13)17-8-2-3-9-17/h4-5,7,11-12,16H,2-3,6,8-10H2,1H3. The molecule has 4 heteroatoms. The Hall–Kier alpha value is -0.900. The van der Waals surface area contributed by atoms with Crippen molar-refractivity contribution in [3.05, 3.63) is 18.3 Å². The largest absolute Gasteiger partial charge is 0.378 e. The van der Waals surface area contributed by atoms with Crippen LogP contribution in [0, 0.1) is 0 Å². The predicted octanol–water partition coefficient (Wildman–Crippen LogP) is 2.99. The molecule has 3 nitrogen and oxygen atoms in total. The molecule has 0 aromatic carbocycles. The molecular formula is C14H21N3S. The maximum atomic E-state index is 4.58. The molecule has 2 aliphatic rings. The van der Waals surface area contributed by atoms with Crippen molar-refractivity contribution in [3.63, 3.8) is 0 Å². The molecule has 2 unspecified atom stereocenters. The van der Waals surface area contributed by atoms with Crippen LogP contribution >= 0.6 is 11.8 Å². The van der Waals surface area contributed by atoms with Gasteiger partial charge in [-0.25, -0.2) is 4.98 Å². The summed E-state index contributed by atoms with van der Waals surface area (Å²) in [5.41, 5.74) is 1.22. The van der Waals surface area contributed by atoms with Crippen LogP contribution in [-0.4, -0.2) is 35.1 Å². The van der Waals surface area contributed by atoms with E-state index in [2.05, 4.69) is 40.0 Å². The zero-order valence-corrected chi connectivity index (χ0v) is 11.7. The van der Waals surface area contributed by atoms with Crippen molar-refractivity contribution in [2.24, 2.45) is 0 Å². The maximum Gasteiger partial charge on any atom is 0.151 e. The van der Waals surface area contributed by atoms with Crippen LogP contribution in [0.5, 0.6) is 0 Å². The van der Waals surface area contributed by atoms with Crippen LogP contribution in [0.3, 0.4) is 0 Å².